The third-order valence-corrected chi connectivity index (χ3v) is 3.71. The number of thioether (sulfide) groups is 1. The van der Waals surface area contributed by atoms with Crippen molar-refractivity contribution in [2.45, 2.75) is 26.3 Å². The smallest absolute Gasteiger partial charge is 0.224 e. The summed E-state index contributed by atoms with van der Waals surface area (Å²) < 4.78 is 0. The van der Waals surface area contributed by atoms with Crippen LogP contribution >= 0.6 is 23.4 Å². The van der Waals surface area contributed by atoms with E-state index >= 15 is 0 Å². The van der Waals surface area contributed by atoms with Crippen LogP contribution in [0.5, 0.6) is 0 Å². The van der Waals surface area contributed by atoms with Crippen molar-refractivity contribution in [1.29, 1.82) is 0 Å². The van der Waals surface area contributed by atoms with Gasteiger partial charge in [0.1, 0.15) is 5.02 Å². The average molecular weight is 289 g/mol. The van der Waals surface area contributed by atoms with Gasteiger partial charge in [-0.05, 0) is 32.3 Å². The molecule has 0 fully saturated rings. The first-order chi connectivity index (χ1) is 8.60. The third-order valence-electron chi connectivity index (χ3n) is 2.80. The van der Waals surface area contributed by atoms with Crippen LogP contribution in [0.1, 0.15) is 20.3 Å². The van der Waals surface area contributed by atoms with Gasteiger partial charge in [0.25, 0.3) is 0 Å². The zero-order valence-corrected chi connectivity index (χ0v) is 13.0. The molecule has 6 heteroatoms. The van der Waals surface area contributed by atoms with E-state index in [-0.39, 0.29) is 0 Å². The molecule has 0 saturated carbocycles. The van der Waals surface area contributed by atoms with Gasteiger partial charge < -0.3 is 10.2 Å². The Hall–Kier alpha value is -0.680. The first-order valence-electron chi connectivity index (χ1n) is 6.08. The molecule has 1 rings (SSSR count). The fraction of sp³-hybridized carbons (Fsp3) is 0.667. The van der Waals surface area contributed by atoms with E-state index in [0.29, 0.717) is 17.0 Å². The summed E-state index contributed by atoms with van der Waals surface area (Å²) in [6.07, 6.45) is 4.88. The van der Waals surface area contributed by atoms with Gasteiger partial charge in [-0.15, -0.1) is 0 Å². The summed E-state index contributed by atoms with van der Waals surface area (Å²) in [5.74, 6) is 2.55. The van der Waals surface area contributed by atoms with Gasteiger partial charge in [-0.3, -0.25) is 0 Å². The molecule has 0 radical (unpaired) electrons. The molecule has 1 N–H and O–H groups in total. The maximum Gasteiger partial charge on any atom is 0.224 e. The molecule has 0 amide bonds. The molecular weight excluding hydrogens is 268 g/mol. The van der Waals surface area contributed by atoms with E-state index in [0.717, 1.165) is 24.5 Å². The predicted octanol–water partition coefficient (Wildman–Crippen LogP) is 3.14. The average Bonchev–Trinajstić information content (AvgIpc) is 2.37. The van der Waals surface area contributed by atoms with Crippen LogP contribution in [-0.2, 0) is 0 Å². The molecule has 0 saturated heterocycles. The van der Waals surface area contributed by atoms with E-state index in [2.05, 4.69) is 33.4 Å². The molecule has 1 aromatic heterocycles. The number of aromatic nitrogens is 2. The Morgan fingerprint density at radius 3 is 2.89 bits per heavy atom. The van der Waals surface area contributed by atoms with Crippen LogP contribution in [-0.4, -0.2) is 41.6 Å². The molecule has 1 atom stereocenters. The minimum Gasteiger partial charge on any atom is -0.356 e. The zero-order valence-electron chi connectivity index (χ0n) is 11.4. The Morgan fingerprint density at radius 1 is 1.56 bits per heavy atom. The molecule has 0 aromatic carbocycles. The Balaban J connectivity index is 2.82. The van der Waals surface area contributed by atoms with Crippen LogP contribution in [0.15, 0.2) is 6.20 Å². The first-order valence-corrected chi connectivity index (χ1v) is 7.85. The second-order valence-corrected chi connectivity index (χ2v) is 5.53. The maximum absolute atomic E-state index is 6.17. The van der Waals surface area contributed by atoms with E-state index in [1.807, 2.05) is 25.7 Å². The van der Waals surface area contributed by atoms with Crippen LogP contribution in [0.3, 0.4) is 0 Å². The van der Waals surface area contributed by atoms with Crippen molar-refractivity contribution < 1.29 is 0 Å². The number of nitrogens with zero attached hydrogens (tertiary/aromatic N) is 3. The predicted molar refractivity (Wildman–Crippen MR) is 82.1 cm³/mol. The lowest BCUT2D eigenvalue weighted by Gasteiger charge is -2.26. The van der Waals surface area contributed by atoms with Gasteiger partial charge in [0.15, 0.2) is 5.82 Å². The largest absolute Gasteiger partial charge is 0.356 e. The molecule has 1 unspecified atom stereocenters. The van der Waals surface area contributed by atoms with Crippen LogP contribution < -0.4 is 10.2 Å². The van der Waals surface area contributed by atoms with Crippen LogP contribution in [0.25, 0.3) is 0 Å². The second-order valence-electron chi connectivity index (χ2n) is 4.14. The van der Waals surface area contributed by atoms with Crippen LogP contribution in [0.2, 0.25) is 5.02 Å². The molecule has 0 aliphatic carbocycles. The number of hydrogen-bond acceptors (Lipinski definition) is 5. The van der Waals surface area contributed by atoms with Gasteiger partial charge in [0.2, 0.25) is 5.95 Å². The van der Waals surface area contributed by atoms with E-state index in [4.69, 9.17) is 11.6 Å². The Morgan fingerprint density at radius 2 is 2.28 bits per heavy atom. The number of rotatable bonds is 7. The summed E-state index contributed by atoms with van der Waals surface area (Å²) >= 11 is 8.02. The number of halogens is 1. The van der Waals surface area contributed by atoms with Crippen molar-refractivity contribution in [1.82, 2.24) is 9.97 Å². The molecule has 0 spiro atoms. The van der Waals surface area contributed by atoms with Gasteiger partial charge >= 0.3 is 0 Å². The minimum atomic E-state index is 0.402. The third kappa shape index (κ3) is 4.21. The highest BCUT2D eigenvalue weighted by Gasteiger charge is 2.15. The van der Waals surface area contributed by atoms with Gasteiger partial charge in [-0.1, -0.05) is 11.6 Å². The second kappa shape index (κ2) is 7.69. The summed E-state index contributed by atoms with van der Waals surface area (Å²) in [5.41, 5.74) is 0. The first kappa shape index (κ1) is 15.4. The normalized spacial score (nSPS) is 12.3. The van der Waals surface area contributed by atoms with Crippen molar-refractivity contribution >= 4 is 35.1 Å². The summed E-state index contributed by atoms with van der Waals surface area (Å²) in [7, 11) is 2.02. The molecule has 0 aliphatic rings. The summed E-state index contributed by atoms with van der Waals surface area (Å²) in [5, 5.41) is 3.69. The van der Waals surface area contributed by atoms with Gasteiger partial charge in [0, 0.05) is 19.6 Å². The summed E-state index contributed by atoms with van der Waals surface area (Å²) in [6, 6.07) is 0.402. The van der Waals surface area contributed by atoms with E-state index in [1.165, 1.54) is 0 Å². The molecule has 102 valence electrons. The van der Waals surface area contributed by atoms with Crippen LogP contribution in [0, 0.1) is 0 Å². The Bertz CT molecular complexity index is 375. The Kier molecular flexibility index (Phi) is 6.57. The van der Waals surface area contributed by atoms with Gasteiger partial charge in [0.05, 0.1) is 6.20 Å². The lowest BCUT2D eigenvalue weighted by atomic mass is 10.2. The van der Waals surface area contributed by atoms with Gasteiger partial charge in [-0.2, -0.15) is 16.7 Å². The summed E-state index contributed by atoms with van der Waals surface area (Å²) in [6.45, 7) is 5.00. The zero-order chi connectivity index (χ0) is 13.5. The molecule has 1 heterocycles. The fourth-order valence-electron chi connectivity index (χ4n) is 1.54. The van der Waals surface area contributed by atoms with Crippen LogP contribution in [0.4, 0.5) is 11.8 Å². The van der Waals surface area contributed by atoms with Gasteiger partial charge in [-0.25, -0.2) is 4.98 Å². The number of nitrogens with one attached hydrogen (secondary N) is 1. The quantitative estimate of drug-likeness (QED) is 0.835. The monoisotopic (exact) mass is 288 g/mol. The topological polar surface area (TPSA) is 41.1 Å². The summed E-state index contributed by atoms with van der Waals surface area (Å²) in [4.78, 5) is 10.7. The van der Waals surface area contributed by atoms with Crippen molar-refractivity contribution in [2.24, 2.45) is 0 Å². The molecule has 0 aliphatic heterocycles. The highest BCUT2D eigenvalue weighted by Crippen LogP contribution is 2.25. The number of anilines is 2. The lowest BCUT2D eigenvalue weighted by Crippen LogP contribution is -2.30. The van der Waals surface area contributed by atoms with E-state index in [9.17, 15) is 0 Å². The molecule has 18 heavy (non-hydrogen) atoms. The maximum atomic E-state index is 6.17. The van der Waals surface area contributed by atoms with E-state index < -0.39 is 0 Å². The van der Waals surface area contributed by atoms with E-state index in [1.54, 1.807) is 6.20 Å². The standard InChI is InChI=1S/C12H21ClN4S/c1-5-14-12-15-8-10(13)11(16-12)17(3)9(2)6-7-18-4/h8-9H,5-7H2,1-4H3,(H,14,15,16). The number of hydrogen-bond donors (Lipinski definition) is 1. The lowest BCUT2D eigenvalue weighted by molar-refractivity contribution is 0.661. The molecule has 0 bridgehead atoms. The fourth-order valence-corrected chi connectivity index (χ4v) is 2.34. The minimum absolute atomic E-state index is 0.402. The highest BCUT2D eigenvalue weighted by molar-refractivity contribution is 7.98. The Labute approximate surface area is 119 Å². The molecule has 4 nitrogen and oxygen atoms in total. The van der Waals surface area contributed by atoms with Crippen molar-refractivity contribution in [3.8, 4) is 0 Å². The molecule has 1 aromatic rings. The van der Waals surface area contributed by atoms with Crippen molar-refractivity contribution in [3.63, 3.8) is 0 Å². The molecular formula is C12H21ClN4S. The van der Waals surface area contributed by atoms with Crippen molar-refractivity contribution in [2.75, 3.05) is 35.8 Å². The SMILES string of the molecule is CCNc1ncc(Cl)c(N(C)C(C)CCSC)n1. The highest BCUT2D eigenvalue weighted by atomic mass is 35.5. The van der Waals surface area contributed by atoms with Crippen molar-refractivity contribution in [3.05, 3.63) is 11.2 Å².